The van der Waals surface area contributed by atoms with E-state index in [1.165, 1.54) is 106 Å². The van der Waals surface area contributed by atoms with E-state index in [4.69, 9.17) is 9.59 Å². The first-order valence-electron chi connectivity index (χ1n) is 28.4. The molecular formula is C72H100Au2F6N4O6-8. The quantitative estimate of drug-likeness (QED) is 0.0399. The first kappa shape index (κ1) is 95.0. The molecule has 0 saturated carbocycles. The zero-order chi connectivity index (χ0) is 66.6. The van der Waals surface area contributed by atoms with E-state index >= 15 is 0 Å². The fraction of sp³-hybridized carbons (Fsp3) is 0.375. The minimum Gasteiger partial charge on any atom is -0.479 e. The molecule has 2 aliphatic rings. The summed E-state index contributed by atoms with van der Waals surface area (Å²) in [5, 5.41) is 0. The zero-order valence-corrected chi connectivity index (χ0v) is 61.0. The van der Waals surface area contributed by atoms with E-state index in [0.29, 0.717) is 47.3 Å². The summed E-state index contributed by atoms with van der Waals surface area (Å²) in [4.78, 5) is 45.7. The normalized spacial score (nSPS) is 11.7. The van der Waals surface area contributed by atoms with E-state index in [9.17, 15) is 35.9 Å². The Morgan fingerprint density at radius 3 is 0.711 bits per heavy atom. The van der Waals surface area contributed by atoms with E-state index in [0.717, 1.165) is 0 Å². The van der Waals surface area contributed by atoms with Gasteiger partial charge in [0.05, 0.1) is 14.2 Å². The summed E-state index contributed by atoms with van der Waals surface area (Å²) in [6, 6.07) is 27.0. The number of para-hydroxylation sites is 4. The molecule has 0 bridgehead atoms. The summed E-state index contributed by atoms with van der Waals surface area (Å²) >= 11 is 0. The van der Waals surface area contributed by atoms with Crippen LogP contribution in [0.2, 0.25) is 0 Å². The van der Waals surface area contributed by atoms with Crippen molar-refractivity contribution in [2.45, 2.75) is 165 Å². The number of hydrogen-bond acceptors (Lipinski definition) is 10. The van der Waals surface area contributed by atoms with Gasteiger partial charge in [-0.2, -0.15) is 9.59 Å². The number of benzene rings is 4. The predicted molar refractivity (Wildman–Crippen MR) is 355 cm³/mol. The van der Waals surface area contributed by atoms with E-state index in [1.807, 2.05) is 0 Å². The van der Waals surface area contributed by atoms with Crippen LogP contribution < -0.4 is 19.6 Å². The van der Waals surface area contributed by atoms with Crippen molar-refractivity contribution < 1.29 is 99.8 Å². The molecule has 90 heavy (non-hydrogen) atoms. The van der Waals surface area contributed by atoms with Crippen LogP contribution in [0.25, 0.3) is 0 Å². The second kappa shape index (κ2) is 51.5. The largest absolute Gasteiger partial charge is 0.479 e. The van der Waals surface area contributed by atoms with Crippen LogP contribution in [0.1, 0.15) is 210 Å². The molecule has 0 spiro atoms. The Hall–Kier alpha value is -6.10. The van der Waals surface area contributed by atoms with Crippen LogP contribution in [0.5, 0.6) is 0 Å². The van der Waals surface area contributed by atoms with Crippen molar-refractivity contribution in [3.63, 3.8) is 0 Å². The third-order valence-electron chi connectivity index (χ3n) is 12.6. The molecule has 2 heterocycles. The SMILES string of the molecule is C/C=C\C(=O)OC.C=C[CH2-].CC(C)c1cccc(C(C)C)c1N1C=CN(c2c(C(C)C)cccc2C(C)C)[CH-]1.CC(C)c1cccc(C(C)C)c1N1C=CN(c2c(C(C)C)cccc2C(C)C)[CH-]1.F[C-](F)F.F[C-](F)F.O=C=O.[Au].[Au].[CH2-]/C=C/C(=O)OC.[CH3-].[CH3-]. The first-order chi connectivity index (χ1) is 40.3. The summed E-state index contributed by atoms with van der Waals surface area (Å²) in [6.45, 7) is 46.4. The number of methoxy groups -OCH3 is 2. The summed E-state index contributed by atoms with van der Waals surface area (Å²) in [7, 11) is 2.67. The number of carbonyl (C=O) groups is 2. The Morgan fingerprint density at radius 2 is 0.611 bits per heavy atom. The minimum atomic E-state index is -3.08. The van der Waals surface area contributed by atoms with Crippen molar-refractivity contribution in [1.29, 1.82) is 0 Å². The van der Waals surface area contributed by atoms with Gasteiger partial charge in [0.15, 0.2) is 13.4 Å². The number of nitrogens with zero attached hydrogens (tertiary/aromatic N) is 4. The van der Waals surface area contributed by atoms with Gasteiger partial charge in [-0.15, -0.1) is 19.4 Å². The molecule has 18 heteroatoms. The van der Waals surface area contributed by atoms with Crippen molar-refractivity contribution in [2.75, 3.05) is 33.8 Å². The van der Waals surface area contributed by atoms with Gasteiger partial charge in [-0.3, -0.25) is 4.79 Å². The average Bonchev–Trinajstić information content (AvgIpc) is 4.14. The second-order valence-corrected chi connectivity index (χ2v) is 21.6. The predicted octanol–water partition coefficient (Wildman–Crippen LogP) is 21.5. The molecule has 0 aromatic heterocycles. The molecule has 0 fully saturated rings. The van der Waals surface area contributed by atoms with Gasteiger partial charge in [-0.1, -0.05) is 190 Å². The van der Waals surface area contributed by atoms with Gasteiger partial charge < -0.3 is 70.3 Å². The second-order valence-electron chi connectivity index (χ2n) is 21.6. The number of carbonyl (C=O) groups excluding carboxylic acids is 4. The Balaban J connectivity index is -0.000000268. The standard InChI is InChI=1S/2C27H37N2.C5H8O2.C5H7O2.C3H5.2CF3.CO2.2CH3.2Au/c2*1-18(2)22-11-9-12-23(19(3)4)26(22)28-15-16-29(17-28)27-24(20(5)6)13-10-14-25(27)21(7)8;2*1-3-4-5(6)7-2;1-3-2;2*2-1(3)4;2-1-3;;;;/h2*9-21H,1-8H3;3-4H,1-2H3;3-4H,1H2,2H3;3H,1-2H2;;;;2*1H3;;/q2*-1;;4*-1;;2*-1;;/b;;4-3-;4-3+;;;;;;;;. The molecule has 2 aliphatic heterocycles. The molecule has 2 radical (unpaired) electrons. The van der Waals surface area contributed by atoms with Gasteiger partial charge in [0.1, 0.15) is 0 Å². The van der Waals surface area contributed by atoms with Gasteiger partial charge in [0.2, 0.25) is 5.97 Å². The van der Waals surface area contributed by atoms with Gasteiger partial charge in [0.25, 0.3) is 0 Å². The van der Waals surface area contributed by atoms with Crippen LogP contribution in [-0.4, -0.2) is 32.3 Å². The Kier molecular flexibility index (Phi) is 54.4. The molecule has 10 nitrogen and oxygen atoms in total. The Labute approximate surface area is 570 Å². The van der Waals surface area contributed by atoms with E-state index < -0.39 is 13.4 Å². The average molecular weight is 1630 g/mol. The minimum absolute atomic E-state index is 0. The van der Waals surface area contributed by atoms with Crippen LogP contribution in [0, 0.1) is 55.4 Å². The van der Waals surface area contributed by atoms with Crippen molar-refractivity contribution in [3.8, 4) is 0 Å². The van der Waals surface area contributed by atoms with Crippen LogP contribution >= 0.6 is 0 Å². The Bertz CT molecular complexity index is 2350. The number of hydrogen-bond donors (Lipinski definition) is 0. The maximum absolute atomic E-state index is 10.1. The molecule has 0 N–H and O–H groups in total. The summed E-state index contributed by atoms with van der Waals surface area (Å²) in [6.07, 6.45) is 16.2. The first-order valence-corrected chi connectivity index (χ1v) is 28.4. The summed E-state index contributed by atoms with van der Waals surface area (Å²) in [5.74, 6) is 3.17. The number of halogens is 6. The number of rotatable bonds is 14. The molecule has 0 aliphatic carbocycles. The smallest absolute Gasteiger partial charge is 0.373 e. The van der Waals surface area contributed by atoms with Gasteiger partial charge >= 0.3 is 12.1 Å². The molecule has 0 saturated heterocycles. The third-order valence-corrected chi connectivity index (χ3v) is 12.6. The molecule has 4 aromatic carbocycles. The van der Waals surface area contributed by atoms with Crippen LogP contribution in [0.3, 0.4) is 0 Å². The van der Waals surface area contributed by atoms with Crippen molar-refractivity contribution in [2.24, 2.45) is 0 Å². The molecule has 0 unspecified atom stereocenters. The topological polar surface area (TPSA) is 99.7 Å². The van der Waals surface area contributed by atoms with E-state index in [-0.39, 0.29) is 77.7 Å². The van der Waals surface area contributed by atoms with Crippen LogP contribution in [-0.2, 0) is 73.4 Å². The molecule has 0 amide bonds. The number of esters is 2. The molecule has 516 valence electrons. The number of allylic oxidation sites excluding steroid dienone is 3. The third kappa shape index (κ3) is 33.8. The maximum atomic E-state index is 10.1. The fourth-order valence-corrected chi connectivity index (χ4v) is 8.85. The fourth-order valence-electron chi connectivity index (χ4n) is 8.85. The molecule has 4 aromatic rings. The number of anilines is 4. The van der Waals surface area contributed by atoms with Gasteiger partial charge in [-0.25, -0.2) is 37.4 Å². The molecule has 6 rings (SSSR count). The van der Waals surface area contributed by atoms with Crippen molar-refractivity contribution >= 4 is 40.8 Å². The monoisotopic (exact) mass is 1620 g/mol. The van der Waals surface area contributed by atoms with Gasteiger partial charge in [0, 0.05) is 73.6 Å². The van der Waals surface area contributed by atoms with Crippen LogP contribution in [0.15, 0.2) is 135 Å². The maximum Gasteiger partial charge on any atom is 0.373 e. The van der Waals surface area contributed by atoms with Crippen LogP contribution in [0.4, 0.5) is 49.1 Å². The molecule has 0 atom stereocenters. The summed E-state index contributed by atoms with van der Waals surface area (Å²) in [5.41, 5.74) is 16.6. The summed E-state index contributed by atoms with van der Waals surface area (Å²) < 4.78 is 66.0. The zero-order valence-electron chi connectivity index (χ0n) is 56.6. The Morgan fingerprint density at radius 1 is 0.456 bits per heavy atom. The van der Waals surface area contributed by atoms with E-state index in [2.05, 4.69) is 271 Å². The molecular weight excluding hydrogens is 1520 g/mol. The van der Waals surface area contributed by atoms with E-state index in [1.54, 1.807) is 13.0 Å². The number of ether oxygens (including phenoxy) is 2. The van der Waals surface area contributed by atoms with Crippen molar-refractivity contribution in [1.82, 2.24) is 0 Å². The van der Waals surface area contributed by atoms with Crippen molar-refractivity contribution in [3.05, 3.63) is 234 Å². The van der Waals surface area contributed by atoms with Gasteiger partial charge in [-0.05, 0) is 124 Å².